The van der Waals surface area contributed by atoms with Crippen molar-refractivity contribution in [3.05, 3.63) is 29.8 Å². The third-order valence-electron chi connectivity index (χ3n) is 2.74. The van der Waals surface area contributed by atoms with Crippen LogP contribution in [0, 0.1) is 0 Å². The van der Waals surface area contributed by atoms with Crippen LogP contribution in [0.25, 0.3) is 0 Å². The van der Waals surface area contributed by atoms with Gasteiger partial charge in [-0.25, -0.2) is 0 Å². The first-order valence-corrected chi connectivity index (χ1v) is 5.34. The SMILES string of the molecule is CC(=O)Nc1cccc(C2CCNC2)c1. The van der Waals surface area contributed by atoms with Crippen molar-refractivity contribution in [2.75, 3.05) is 18.4 Å². The average molecular weight is 204 g/mol. The number of carbonyl (C=O) groups is 1. The van der Waals surface area contributed by atoms with Crippen LogP contribution in [0.1, 0.15) is 24.8 Å². The highest BCUT2D eigenvalue weighted by Crippen LogP contribution is 2.24. The van der Waals surface area contributed by atoms with Crippen molar-refractivity contribution in [2.24, 2.45) is 0 Å². The van der Waals surface area contributed by atoms with Crippen LogP contribution in [0.15, 0.2) is 24.3 Å². The molecule has 1 aliphatic heterocycles. The van der Waals surface area contributed by atoms with Gasteiger partial charge in [0.15, 0.2) is 0 Å². The van der Waals surface area contributed by atoms with Gasteiger partial charge in [0.2, 0.25) is 5.91 Å². The Hall–Kier alpha value is -1.35. The molecule has 1 aromatic carbocycles. The van der Waals surface area contributed by atoms with Gasteiger partial charge in [-0.05, 0) is 36.6 Å². The molecular weight excluding hydrogens is 188 g/mol. The van der Waals surface area contributed by atoms with Crippen LogP contribution in [-0.2, 0) is 4.79 Å². The van der Waals surface area contributed by atoms with Crippen LogP contribution in [0.4, 0.5) is 5.69 Å². The lowest BCUT2D eigenvalue weighted by Gasteiger charge is -2.10. The zero-order chi connectivity index (χ0) is 10.7. The van der Waals surface area contributed by atoms with E-state index in [0.29, 0.717) is 5.92 Å². The molecule has 3 nitrogen and oxygen atoms in total. The maximum atomic E-state index is 10.9. The predicted molar refractivity (Wildman–Crippen MR) is 61.0 cm³/mol. The Bertz CT molecular complexity index is 356. The van der Waals surface area contributed by atoms with E-state index >= 15 is 0 Å². The highest BCUT2D eigenvalue weighted by molar-refractivity contribution is 5.88. The molecule has 1 saturated heterocycles. The maximum Gasteiger partial charge on any atom is 0.221 e. The molecular formula is C12H16N2O. The van der Waals surface area contributed by atoms with Crippen LogP contribution in [0.2, 0.25) is 0 Å². The van der Waals surface area contributed by atoms with Gasteiger partial charge < -0.3 is 10.6 Å². The summed E-state index contributed by atoms with van der Waals surface area (Å²) in [5, 5.41) is 6.15. The van der Waals surface area contributed by atoms with Crippen LogP contribution >= 0.6 is 0 Å². The number of carbonyl (C=O) groups excluding carboxylic acids is 1. The highest BCUT2D eigenvalue weighted by Gasteiger charge is 2.16. The van der Waals surface area contributed by atoms with Gasteiger partial charge in [0.25, 0.3) is 0 Å². The molecule has 0 aliphatic carbocycles. The molecule has 2 rings (SSSR count). The van der Waals surface area contributed by atoms with E-state index in [4.69, 9.17) is 0 Å². The first-order chi connectivity index (χ1) is 7.25. The molecule has 3 heteroatoms. The summed E-state index contributed by atoms with van der Waals surface area (Å²) >= 11 is 0. The number of amides is 1. The second-order valence-electron chi connectivity index (χ2n) is 4.00. The molecule has 1 heterocycles. The Morgan fingerprint density at radius 2 is 2.40 bits per heavy atom. The van der Waals surface area contributed by atoms with Crippen molar-refractivity contribution in [2.45, 2.75) is 19.3 Å². The molecule has 0 bridgehead atoms. The topological polar surface area (TPSA) is 41.1 Å². The third kappa shape index (κ3) is 2.57. The fraction of sp³-hybridized carbons (Fsp3) is 0.417. The Morgan fingerprint density at radius 3 is 3.07 bits per heavy atom. The number of nitrogens with one attached hydrogen (secondary N) is 2. The monoisotopic (exact) mass is 204 g/mol. The highest BCUT2D eigenvalue weighted by atomic mass is 16.1. The van der Waals surface area contributed by atoms with Crippen LogP contribution in [0.5, 0.6) is 0 Å². The van der Waals surface area contributed by atoms with Gasteiger partial charge in [-0.15, -0.1) is 0 Å². The predicted octanol–water partition coefficient (Wildman–Crippen LogP) is 1.72. The van der Waals surface area contributed by atoms with E-state index in [2.05, 4.69) is 22.8 Å². The van der Waals surface area contributed by atoms with Crippen LogP contribution < -0.4 is 10.6 Å². The van der Waals surface area contributed by atoms with E-state index in [-0.39, 0.29) is 5.91 Å². The Morgan fingerprint density at radius 1 is 1.53 bits per heavy atom. The molecule has 1 amide bonds. The van der Waals surface area contributed by atoms with E-state index in [1.54, 1.807) is 0 Å². The summed E-state index contributed by atoms with van der Waals surface area (Å²) in [7, 11) is 0. The van der Waals surface area contributed by atoms with Crippen molar-refractivity contribution in [3.63, 3.8) is 0 Å². The molecule has 1 aromatic rings. The summed E-state index contributed by atoms with van der Waals surface area (Å²) in [6.07, 6.45) is 1.18. The molecule has 80 valence electrons. The lowest BCUT2D eigenvalue weighted by Crippen LogP contribution is -2.09. The largest absolute Gasteiger partial charge is 0.326 e. The summed E-state index contributed by atoms with van der Waals surface area (Å²) in [5.74, 6) is 0.579. The number of benzene rings is 1. The van der Waals surface area contributed by atoms with E-state index < -0.39 is 0 Å². The molecule has 1 fully saturated rings. The summed E-state index contributed by atoms with van der Waals surface area (Å²) in [4.78, 5) is 10.9. The van der Waals surface area contributed by atoms with E-state index in [1.807, 2.05) is 12.1 Å². The summed E-state index contributed by atoms with van der Waals surface area (Å²) in [6.45, 7) is 3.67. The third-order valence-corrected chi connectivity index (χ3v) is 2.74. The van der Waals surface area contributed by atoms with Crippen molar-refractivity contribution in [1.82, 2.24) is 5.32 Å². The molecule has 2 N–H and O–H groups in total. The molecule has 0 aromatic heterocycles. The van der Waals surface area contributed by atoms with Crippen LogP contribution in [-0.4, -0.2) is 19.0 Å². The van der Waals surface area contributed by atoms with Crippen molar-refractivity contribution in [3.8, 4) is 0 Å². The number of rotatable bonds is 2. The molecule has 1 atom stereocenters. The zero-order valence-electron chi connectivity index (χ0n) is 8.92. The first kappa shape index (κ1) is 10.2. The van der Waals surface area contributed by atoms with Gasteiger partial charge in [0.05, 0.1) is 0 Å². The molecule has 0 radical (unpaired) electrons. The minimum absolute atomic E-state index is 0.0169. The fourth-order valence-corrected chi connectivity index (χ4v) is 2.01. The van der Waals surface area contributed by atoms with Gasteiger partial charge in [-0.3, -0.25) is 4.79 Å². The number of hydrogen-bond acceptors (Lipinski definition) is 2. The molecule has 15 heavy (non-hydrogen) atoms. The smallest absolute Gasteiger partial charge is 0.221 e. The Balaban J connectivity index is 2.14. The average Bonchev–Trinajstić information content (AvgIpc) is 2.69. The summed E-state index contributed by atoms with van der Waals surface area (Å²) in [5.41, 5.74) is 2.21. The summed E-state index contributed by atoms with van der Waals surface area (Å²) < 4.78 is 0. The minimum atomic E-state index is -0.0169. The van der Waals surface area contributed by atoms with Crippen molar-refractivity contribution >= 4 is 11.6 Å². The standard InChI is InChI=1S/C12H16N2O/c1-9(15)14-12-4-2-3-10(7-12)11-5-6-13-8-11/h2-4,7,11,13H,5-6,8H2,1H3,(H,14,15). The molecule has 0 saturated carbocycles. The maximum absolute atomic E-state index is 10.9. The van der Waals surface area contributed by atoms with E-state index in [0.717, 1.165) is 18.8 Å². The number of anilines is 1. The Kier molecular flexibility index (Phi) is 3.02. The first-order valence-electron chi connectivity index (χ1n) is 5.34. The van der Waals surface area contributed by atoms with E-state index in [9.17, 15) is 4.79 Å². The van der Waals surface area contributed by atoms with Gasteiger partial charge >= 0.3 is 0 Å². The molecule has 1 unspecified atom stereocenters. The zero-order valence-corrected chi connectivity index (χ0v) is 8.92. The van der Waals surface area contributed by atoms with Gasteiger partial charge in [0, 0.05) is 19.2 Å². The van der Waals surface area contributed by atoms with Crippen molar-refractivity contribution < 1.29 is 4.79 Å². The lowest BCUT2D eigenvalue weighted by atomic mass is 9.98. The van der Waals surface area contributed by atoms with Gasteiger partial charge in [0.1, 0.15) is 0 Å². The fourth-order valence-electron chi connectivity index (χ4n) is 2.01. The van der Waals surface area contributed by atoms with Crippen molar-refractivity contribution in [1.29, 1.82) is 0 Å². The molecule has 1 aliphatic rings. The second kappa shape index (κ2) is 4.45. The minimum Gasteiger partial charge on any atom is -0.326 e. The quantitative estimate of drug-likeness (QED) is 0.770. The Labute approximate surface area is 89.9 Å². The van der Waals surface area contributed by atoms with Gasteiger partial charge in [-0.1, -0.05) is 12.1 Å². The second-order valence-corrected chi connectivity index (χ2v) is 4.00. The normalized spacial score (nSPS) is 20.2. The van der Waals surface area contributed by atoms with Crippen LogP contribution in [0.3, 0.4) is 0 Å². The van der Waals surface area contributed by atoms with E-state index in [1.165, 1.54) is 18.9 Å². The molecule has 0 spiro atoms. The number of hydrogen-bond donors (Lipinski definition) is 2. The lowest BCUT2D eigenvalue weighted by molar-refractivity contribution is -0.114. The summed E-state index contributed by atoms with van der Waals surface area (Å²) in [6, 6.07) is 8.12. The van der Waals surface area contributed by atoms with Gasteiger partial charge in [-0.2, -0.15) is 0 Å².